The molecule has 130 valence electrons. The van der Waals surface area contributed by atoms with Crippen molar-refractivity contribution >= 4 is 23.6 Å². The fourth-order valence-corrected chi connectivity index (χ4v) is 3.54. The summed E-state index contributed by atoms with van der Waals surface area (Å²) in [4.78, 5) is 25.9. The average Bonchev–Trinajstić information content (AvgIpc) is 3.21. The molecule has 1 aliphatic rings. The average molecular weight is 365 g/mol. The van der Waals surface area contributed by atoms with E-state index in [2.05, 4.69) is 10.2 Å². The zero-order valence-corrected chi connectivity index (χ0v) is 14.8. The summed E-state index contributed by atoms with van der Waals surface area (Å²) in [6.07, 6.45) is 0. The van der Waals surface area contributed by atoms with E-state index in [9.17, 15) is 9.59 Å². The van der Waals surface area contributed by atoms with Gasteiger partial charge in [0.2, 0.25) is 5.89 Å². The van der Waals surface area contributed by atoms with Crippen LogP contribution in [-0.4, -0.2) is 39.2 Å². The third kappa shape index (κ3) is 2.90. The van der Waals surface area contributed by atoms with Crippen LogP contribution in [-0.2, 0) is 0 Å². The lowest BCUT2D eigenvalue weighted by Crippen LogP contribution is -2.31. The molecular formula is C19H15N3O3S. The minimum absolute atomic E-state index is 0.252. The lowest BCUT2D eigenvalue weighted by atomic mass is 10.1. The van der Waals surface area contributed by atoms with Crippen LogP contribution < -0.4 is 0 Å². The van der Waals surface area contributed by atoms with Crippen LogP contribution >= 0.6 is 11.8 Å². The topological polar surface area (TPSA) is 76.3 Å². The highest BCUT2D eigenvalue weighted by Crippen LogP contribution is 2.27. The van der Waals surface area contributed by atoms with Gasteiger partial charge >= 0.3 is 0 Å². The first-order chi connectivity index (χ1) is 12.6. The second-order valence-electron chi connectivity index (χ2n) is 5.84. The van der Waals surface area contributed by atoms with E-state index in [1.54, 1.807) is 24.3 Å². The van der Waals surface area contributed by atoms with Gasteiger partial charge in [0.1, 0.15) is 0 Å². The first-order valence-corrected chi connectivity index (χ1v) is 9.11. The minimum atomic E-state index is -0.252. The number of carbonyl (C=O) groups is 2. The van der Waals surface area contributed by atoms with Gasteiger partial charge in [-0.1, -0.05) is 42.1 Å². The zero-order chi connectivity index (χ0) is 18.1. The number of hydrogen-bond donors (Lipinski definition) is 0. The van der Waals surface area contributed by atoms with E-state index in [4.69, 9.17) is 4.42 Å². The normalized spacial score (nSPS) is 13.3. The summed E-state index contributed by atoms with van der Waals surface area (Å²) in [5.74, 6) is 0.446. The van der Waals surface area contributed by atoms with E-state index in [0.717, 1.165) is 11.1 Å². The highest BCUT2D eigenvalue weighted by Gasteiger charge is 2.34. The molecule has 6 nitrogen and oxygen atoms in total. The smallest absolute Gasteiger partial charge is 0.276 e. The first kappa shape index (κ1) is 16.5. The third-order valence-electron chi connectivity index (χ3n) is 4.20. The highest BCUT2D eigenvalue weighted by atomic mass is 32.2. The molecule has 0 bridgehead atoms. The van der Waals surface area contributed by atoms with Gasteiger partial charge in [-0.25, -0.2) is 0 Å². The molecule has 0 aliphatic carbocycles. The number of aryl methyl sites for hydroxylation is 1. The number of carbonyl (C=O) groups excluding carboxylic acids is 2. The van der Waals surface area contributed by atoms with E-state index >= 15 is 0 Å². The van der Waals surface area contributed by atoms with Crippen molar-refractivity contribution in [1.82, 2.24) is 15.1 Å². The Morgan fingerprint density at radius 1 is 0.923 bits per heavy atom. The SMILES string of the molecule is Cc1ccccc1-c1nnc(SCCN2C(=O)c3ccccc3C2=O)o1. The summed E-state index contributed by atoms with van der Waals surface area (Å²) < 4.78 is 5.68. The molecule has 0 spiro atoms. The van der Waals surface area contributed by atoms with Crippen molar-refractivity contribution in [3.63, 3.8) is 0 Å². The predicted molar refractivity (Wildman–Crippen MR) is 97.0 cm³/mol. The molecule has 0 N–H and O–H groups in total. The molecule has 0 saturated heterocycles. The Hall–Kier alpha value is -2.93. The van der Waals surface area contributed by atoms with Gasteiger partial charge in [0.25, 0.3) is 17.0 Å². The summed E-state index contributed by atoms with van der Waals surface area (Å²) in [5.41, 5.74) is 2.87. The fraction of sp³-hybridized carbons (Fsp3) is 0.158. The Balaban J connectivity index is 1.40. The Morgan fingerprint density at radius 3 is 2.19 bits per heavy atom. The van der Waals surface area contributed by atoms with Gasteiger partial charge in [-0.2, -0.15) is 0 Å². The molecule has 3 aromatic rings. The number of fused-ring (bicyclic) bond motifs is 1. The molecule has 0 unspecified atom stereocenters. The third-order valence-corrected chi connectivity index (χ3v) is 5.00. The predicted octanol–water partition coefficient (Wildman–Crippen LogP) is 3.43. The van der Waals surface area contributed by atoms with Crippen LogP contribution in [0.15, 0.2) is 58.2 Å². The van der Waals surface area contributed by atoms with Crippen molar-refractivity contribution < 1.29 is 14.0 Å². The summed E-state index contributed by atoms with van der Waals surface area (Å²) >= 11 is 1.33. The van der Waals surface area contributed by atoms with Crippen molar-refractivity contribution in [2.75, 3.05) is 12.3 Å². The van der Waals surface area contributed by atoms with Crippen molar-refractivity contribution in [2.45, 2.75) is 12.1 Å². The van der Waals surface area contributed by atoms with Gasteiger partial charge in [-0.3, -0.25) is 14.5 Å². The minimum Gasteiger partial charge on any atom is -0.411 e. The van der Waals surface area contributed by atoms with Crippen molar-refractivity contribution in [1.29, 1.82) is 0 Å². The molecule has 26 heavy (non-hydrogen) atoms. The van der Waals surface area contributed by atoms with Crippen LogP contribution in [0.2, 0.25) is 0 Å². The maximum Gasteiger partial charge on any atom is 0.276 e. The van der Waals surface area contributed by atoms with Crippen LogP contribution in [0, 0.1) is 6.92 Å². The van der Waals surface area contributed by atoms with E-state index in [0.29, 0.717) is 34.5 Å². The quantitative estimate of drug-likeness (QED) is 0.509. The molecule has 1 aromatic heterocycles. The summed E-state index contributed by atoms with van der Waals surface area (Å²) in [5, 5.41) is 8.52. The van der Waals surface area contributed by atoms with E-state index in [-0.39, 0.29) is 11.8 Å². The van der Waals surface area contributed by atoms with Gasteiger partial charge in [0.05, 0.1) is 11.1 Å². The lowest BCUT2D eigenvalue weighted by molar-refractivity contribution is 0.0664. The maximum absolute atomic E-state index is 12.3. The molecule has 2 aromatic carbocycles. The monoisotopic (exact) mass is 365 g/mol. The number of hydrogen-bond acceptors (Lipinski definition) is 6. The molecule has 4 rings (SSSR count). The summed E-state index contributed by atoms with van der Waals surface area (Å²) in [7, 11) is 0. The maximum atomic E-state index is 12.3. The Labute approximate surface area is 154 Å². The Kier molecular flexibility index (Phi) is 4.30. The Bertz CT molecular complexity index is 964. The van der Waals surface area contributed by atoms with E-state index in [1.807, 2.05) is 31.2 Å². The van der Waals surface area contributed by atoms with Crippen LogP contribution in [0.5, 0.6) is 0 Å². The number of imide groups is 1. The molecule has 2 heterocycles. The Morgan fingerprint density at radius 2 is 1.54 bits per heavy atom. The second-order valence-corrected chi connectivity index (χ2v) is 6.89. The van der Waals surface area contributed by atoms with Crippen LogP contribution in [0.25, 0.3) is 11.5 Å². The first-order valence-electron chi connectivity index (χ1n) is 8.12. The number of thioether (sulfide) groups is 1. The largest absolute Gasteiger partial charge is 0.411 e. The molecule has 2 amide bonds. The van der Waals surface area contributed by atoms with Gasteiger partial charge in [0.15, 0.2) is 0 Å². The molecule has 0 radical (unpaired) electrons. The van der Waals surface area contributed by atoms with Gasteiger partial charge in [-0.05, 0) is 30.7 Å². The number of benzene rings is 2. The van der Waals surface area contributed by atoms with Crippen molar-refractivity contribution in [3.05, 3.63) is 65.2 Å². The van der Waals surface area contributed by atoms with E-state index < -0.39 is 0 Å². The van der Waals surface area contributed by atoms with Crippen LogP contribution in [0.1, 0.15) is 26.3 Å². The van der Waals surface area contributed by atoms with E-state index in [1.165, 1.54) is 16.7 Å². The molecule has 0 fully saturated rings. The number of rotatable bonds is 5. The summed E-state index contributed by atoms with van der Waals surface area (Å²) in [6.45, 7) is 2.27. The number of nitrogens with zero attached hydrogens (tertiary/aromatic N) is 3. The summed E-state index contributed by atoms with van der Waals surface area (Å²) in [6, 6.07) is 14.6. The fourth-order valence-electron chi connectivity index (χ4n) is 2.86. The zero-order valence-electron chi connectivity index (χ0n) is 14.0. The van der Waals surface area contributed by atoms with Gasteiger partial charge in [0, 0.05) is 17.9 Å². The number of amides is 2. The molecule has 1 aliphatic heterocycles. The standard InChI is InChI=1S/C19H15N3O3S/c1-12-6-2-3-7-13(12)16-20-21-19(25-16)26-11-10-22-17(23)14-8-4-5-9-15(14)18(22)24/h2-9H,10-11H2,1H3. The molecule has 0 atom stereocenters. The van der Waals surface area contributed by atoms with Gasteiger partial charge in [-0.15, -0.1) is 10.2 Å². The molecule has 7 heteroatoms. The highest BCUT2D eigenvalue weighted by molar-refractivity contribution is 7.99. The van der Waals surface area contributed by atoms with Crippen LogP contribution in [0.4, 0.5) is 0 Å². The van der Waals surface area contributed by atoms with Crippen molar-refractivity contribution in [2.24, 2.45) is 0 Å². The van der Waals surface area contributed by atoms with Gasteiger partial charge < -0.3 is 4.42 Å². The lowest BCUT2D eigenvalue weighted by Gasteiger charge is -2.12. The van der Waals surface area contributed by atoms with Crippen LogP contribution in [0.3, 0.4) is 0 Å². The molecular weight excluding hydrogens is 350 g/mol. The van der Waals surface area contributed by atoms with Crippen molar-refractivity contribution in [3.8, 4) is 11.5 Å². The molecule has 0 saturated carbocycles. The second kappa shape index (κ2) is 6.76. The number of aromatic nitrogens is 2.